The van der Waals surface area contributed by atoms with E-state index in [-0.39, 0.29) is 18.1 Å². The van der Waals surface area contributed by atoms with Gasteiger partial charge in [-0.2, -0.15) is 0 Å². The molecule has 154 valence electrons. The summed E-state index contributed by atoms with van der Waals surface area (Å²) in [5, 5.41) is 0.680. The Labute approximate surface area is 174 Å². The van der Waals surface area contributed by atoms with Gasteiger partial charge in [-0.25, -0.2) is 9.37 Å². The van der Waals surface area contributed by atoms with Crippen molar-refractivity contribution in [3.05, 3.63) is 53.8 Å². The first-order valence-electron chi connectivity index (χ1n) is 9.69. The van der Waals surface area contributed by atoms with Gasteiger partial charge in [0.2, 0.25) is 5.91 Å². The Morgan fingerprint density at radius 3 is 2.59 bits per heavy atom. The third-order valence-electron chi connectivity index (χ3n) is 4.45. The molecule has 2 aromatic carbocycles. The molecule has 0 atom stereocenters. The minimum atomic E-state index is -0.305. The van der Waals surface area contributed by atoms with E-state index >= 15 is 0 Å². The smallest absolute Gasteiger partial charge is 0.233 e. The number of thiazole rings is 1. The Morgan fingerprint density at radius 2 is 1.90 bits per heavy atom. The Balaban J connectivity index is 1.84. The summed E-state index contributed by atoms with van der Waals surface area (Å²) in [6, 6.07) is 11.8. The van der Waals surface area contributed by atoms with E-state index in [1.807, 2.05) is 39.2 Å². The largest absolute Gasteiger partial charge is 0.494 e. The van der Waals surface area contributed by atoms with Crippen molar-refractivity contribution in [2.75, 3.05) is 38.7 Å². The predicted octanol–water partition coefficient (Wildman–Crippen LogP) is 4.36. The first kappa shape index (κ1) is 21.2. The van der Waals surface area contributed by atoms with Gasteiger partial charge in [0.1, 0.15) is 11.6 Å². The highest BCUT2D eigenvalue weighted by molar-refractivity contribution is 7.22. The van der Waals surface area contributed by atoms with E-state index in [0.717, 1.165) is 34.5 Å². The van der Waals surface area contributed by atoms with Gasteiger partial charge < -0.3 is 9.64 Å². The van der Waals surface area contributed by atoms with E-state index in [4.69, 9.17) is 4.74 Å². The van der Waals surface area contributed by atoms with E-state index in [2.05, 4.69) is 9.88 Å². The number of rotatable bonds is 9. The van der Waals surface area contributed by atoms with Crippen molar-refractivity contribution in [1.82, 2.24) is 9.88 Å². The van der Waals surface area contributed by atoms with Crippen molar-refractivity contribution >= 4 is 32.6 Å². The van der Waals surface area contributed by atoms with Crippen LogP contribution < -0.4 is 9.64 Å². The maximum Gasteiger partial charge on any atom is 0.233 e. The van der Waals surface area contributed by atoms with Crippen molar-refractivity contribution in [2.24, 2.45) is 0 Å². The molecular weight excluding hydrogens is 389 g/mol. The topological polar surface area (TPSA) is 45.7 Å². The van der Waals surface area contributed by atoms with Gasteiger partial charge in [0.25, 0.3) is 0 Å². The molecule has 0 N–H and O–H groups in total. The number of carbonyl (C=O) groups excluding carboxylic acids is 1. The van der Waals surface area contributed by atoms with Gasteiger partial charge in [-0.3, -0.25) is 9.69 Å². The molecule has 0 bridgehead atoms. The summed E-state index contributed by atoms with van der Waals surface area (Å²) in [5.74, 6) is 0.451. The minimum Gasteiger partial charge on any atom is -0.494 e. The van der Waals surface area contributed by atoms with Crippen LogP contribution >= 0.6 is 11.3 Å². The van der Waals surface area contributed by atoms with Crippen LogP contribution in [0.5, 0.6) is 5.75 Å². The van der Waals surface area contributed by atoms with Crippen molar-refractivity contribution in [3.63, 3.8) is 0 Å². The molecule has 5 nitrogen and oxygen atoms in total. The molecular formula is C22H26FN3O2S. The number of benzene rings is 2. The lowest BCUT2D eigenvalue weighted by atomic mass is 10.1. The number of carbonyl (C=O) groups is 1. The van der Waals surface area contributed by atoms with E-state index in [9.17, 15) is 9.18 Å². The van der Waals surface area contributed by atoms with E-state index in [1.165, 1.54) is 23.5 Å². The van der Waals surface area contributed by atoms with Gasteiger partial charge in [0.05, 0.1) is 23.2 Å². The summed E-state index contributed by atoms with van der Waals surface area (Å²) in [6.45, 7) is 4.00. The van der Waals surface area contributed by atoms with Gasteiger partial charge in [-0.15, -0.1) is 0 Å². The lowest BCUT2D eigenvalue weighted by Gasteiger charge is -2.21. The molecule has 1 amide bonds. The number of halogens is 1. The number of fused-ring (bicyclic) bond motifs is 1. The van der Waals surface area contributed by atoms with Gasteiger partial charge in [-0.05, 0) is 69.9 Å². The molecule has 3 rings (SSSR count). The summed E-state index contributed by atoms with van der Waals surface area (Å²) in [4.78, 5) is 21.6. The maximum atomic E-state index is 13.2. The van der Waals surface area contributed by atoms with Crippen LogP contribution in [0.4, 0.5) is 9.52 Å². The van der Waals surface area contributed by atoms with Crippen molar-refractivity contribution < 1.29 is 13.9 Å². The molecule has 1 heterocycles. The Morgan fingerprint density at radius 1 is 1.14 bits per heavy atom. The van der Waals surface area contributed by atoms with Gasteiger partial charge in [0.15, 0.2) is 5.13 Å². The number of amides is 1. The number of aromatic nitrogens is 1. The van der Waals surface area contributed by atoms with E-state index in [1.54, 1.807) is 17.0 Å². The highest BCUT2D eigenvalue weighted by Gasteiger charge is 2.20. The van der Waals surface area contributed by atoms with Gasteiger partial charge >= 0.3 is 0 Å². The number of hydrogen-bond donors (Lipinski definition) is 0. The molecule has 0 unspecified atom stereocenters. The molecule has 0 aliphatic rings. The van der Waals surface area contributed by atoms with E-state index in [0.29, 0.717) is 18.3 Å². The molecule has 0 saturated carbocycles. The number of anilines is 1. The van der Waals surface area contributed by atoms with Crippen LogP contribution in [-0.4, -0.2) is 49.6 Å². The molecule has 0 spiro atoms. The lowest BCUT2D eigenvalue weighted by Crippen LogP contribution is -2.34. The zero-order chi connectivity index (χ0) is 20.8. The van der Waals surface area contributed by atoms with Crippen molar-refractivity contribution in [2.45, 2.75) is 19.8 Å². The number of hydrogen-bond acceptors (Lipinski definition) is 5. The Hall–Kier alpha value is -2.51. The molecule has 7 heteroatoms. The molecule has 0 aliphatic carbocycles. The minimum absolute atomic E-state index is 0.0422. The number of ether oxygens (including phenoxy) is 1. The van der Waals surface area contributed by atoms with Crippen molar-refractivity contribution in [1.29, 1.82) is 0 Å². The van der Waals surface area contributed by atoms with Gasteiger partial charge in [0, 0.05) is 6.54 Å². The summed E-state index contributed by atoms with van der Waals surface area (Å²) in [6.07, 6.45) is 1.05. The van der Waals surface area contributed by atoms with Crippen molar-refractivity contribution in [3.8, 4) is 5.75 Å². The fraction of sp³-hybridized carbons (Fsp3) is 0.364. The summed E-state index contributed by atoms with van der Waals surface area (Å²) in [5.41, 5.74) is 1.63. The zero-order valence-corrected chi connectivity index (χ0v) is 17.8. The van der Waals surface area contributed by atoms with E-state index < -0.39 is 0 Å². The van der Waals surface area contributed by atoms with Crippen LogP contribution in [0.15, 0.2) is 42.5 Å². The molecule has 0 fully saturated rings. The van der Waals surface area contributed by atoms with Crippen LogP contribution in [0.3, 0.4) is 0 Å². The number of nitrogens with zero attached hydrogens (tertiary/aromatic N) is 3. The standard InChI is InChI=1S/C22H26FN3O2S/c1-4-28-18-10-11-19-20(15-18)29-22(24-19)26(13-5-12-25(2)3)21(27)14-16-6-8-17(23)9-7-16/h6-11,15H,4-5,12-14H2,1-3H3. The van der Waals surface area contributed by atoms with Crippen LogP contribution in [0.2, 0.25) is 0 Å². The second-order valence-electron chi connectivity index (χ2n) is 7.06. The fourth-order valence-electron chi connectivity index (χ4n) is 3.01. The van der Waals surface area contributed by atoms with Gasteiger partial charge in [-0.1, -0.05) is 23.5 Å². The molecule has 29 heavy (non-hydrogen) atoms. The normalized spacial score (nSPS) is 11.2. The second kappa shape index (κ2) is 9.80. The molecule has 3 aromatic rings. The third kappa shape index (κ3) is 5.74. The SMILES string of the molecule is CCOc1ccc2nc(N(CCCN(C)C)C(=O)Cc3ccc(F)cc3)sc2c1. The monoisotopic (exact) mass is 415 g/mol. The van der Waals surface area contributed by atoms with Crippen LogP contribution in [0, 0.1) is 5.82 Å². The average molecular weight is 416 g/mol. The first-order chi connectivity index (χ1) is 14.0. The highest BCUT2D eigenvalue weighted by Crippen LogP contribution is 2.32. The summed E-state index contributed by atoms with van der Waals surface area (Å²) >= 11 is 1.49. The van der Waals surface area contributed by atoms with Crippen LogP contribution in [0.1, 0.15) is 18.9 Å². The quantitative estimate of drug-likeness (QED) is 0.521. The maximum absolute atomic E-state index is 13.2. The van der Waals surface area contributed by atoms with Crippen LogP contribution in [0.25, 0.3) is 10.2 Å². The lowest BCUT2D eigenvalue weighted by molar-refractivity contribution is -0.118. The predicted molar refractivity (Wildman–Crippen MR) is 116 cm³/mol. The van der Waals surface area contributed by atoms with Crippen LogP contribution in [-0.2, 0) is 11.2 Å². The first-order valence-corrected chi connectivity index (χ1v) is 10.5. The summed E-state index contributed by atoms with van der Waals surface area (Å²) in [7, 11) is 4.02. The Bertz CT molecular complexity index is 956. The molecule has 0 radical (unpaired) electrons. The second-order valence-corrected chi connectivity index (χ2v) is 8.07. The third-order valence-corrected chi connectivity index (χ3v) is 5.49. The zero-order valence-electron chi connectivity index (χ0n) is 17.0. The average Bonchev–Trinajstić information content (AvgIpc) is 3.10. The molecule has 0 aliphatic heterocycles. The molecule has 0 saturated heterocycles. The summed E-state index contributed by atoms with van der Waals surface area (Å²) < 4.78 is 19.7. The Kier molecular flexibility index (Phi) is 7.17. The highest BCUT2D eigenvalue weighted by atomic mass is 32.1. The molecule has 1 aromatic heterocycles. The fourth-order valence-corrected chi connectivity index (χ4v) is 4.05.